The van der Waals surface area contributed by atoms with Crippen LogP contribution < -0.4 is 0 Å². The molecule has 2 nitrogen and oxygen atoms in total. The summed E-state index contributed by atoms with van der Waals surface area (Å²) in [5.74, 6) is 0.567. The zero-order valence-electron chi connectivity index (χ0n) is 8.88. The van der Waals surface area contributed by atoms with Crippen LogP contribution in [0, 0.1) is 6.92 Å². The largest absolute Gasteiger partial charge is 0.381 e. The minimum absolute atomic E-state index is 0.567. The number of nitrogens with zero attached hydrogens (tertiary/aromatic N) is 1. The van der Waals surface area contributed by atoms with Crippen LogP contribution >= 0.6 is 11.3 Å². The smallest absolute Gasteiger partial charge is 0.0931 e. The van der Waals surface area contributed by atoms with E-state index in [1.54, 1.807) is 0 Å². The number of hydrogen-bond acceptors (Lipinski definition) is 3. The monoisotopic (exact) mass is 211 g/mol. The van der Waals surface area contributed by atoms with Gasteiger partial charge in [0, 0.05) is 17.4 Å². The third-order valence-corrected chi connectivity index (χ3v) is 3.70. The number of ether oxygens (including phenoxy) is 1. The molecule has 2 heterocycles. The summed E-state index contributed by atoms with van der Waals surface area (Å²) in [4.78, 5) is 6.11. The van der Waals surface area contributed by atoms with Crippen molar-refractivity contribution in [1.29, 1.82) is 0 Å². The van der Waals surface area contributed by atoms with Crippen molar-refractivity contribution in [1.82, 2.24) is 4.98 Å². The minimum Gasteiger partial charge on any atom is -0.381 e. The summed E-state index contributed by atoms with van der Waals surface area (Å²) in [6, 6.07) is 0. The van der Waals surface area contributed by atoms with Crippen molar-refractivity contribution in [3.05, 3.63) is 15.6 Å². The molecule has 14 heavy (non-hydrogen) atoms. The van der Waals surface area contributed by atoms with Gasteiger partial charge in [0.2, 0.25) is 0 Å². The number of aromatic nitrogens is 1. The van der Waals surface area contributed by atoms with Crippen LogP contribution in [0.25, 0.3) is 0 Å². The van der Waals surface area contributed by atoms with E-state index in [-0.39, 0.29) is 0 Å². The summed E-state index contributed by atoms with van der Waals surface area (Å²) in [5.41, 5.74) is 1.30. The fourth-order valence-corrected chi connectivity index (χ4v) is 3.04. The summed E-state index contributed by atoms with van der Waals surface area (Å²) in [6.45, 7) is 6.17. The molecule has 0 aliphatic carbocycles. The number of aryl methyl sites for hydroxylation is 2. The molecule has 1 atom stereocenters. The second-order valence-electron chi connectivity index (χ2n) is 3.86. The van der Waals surface area contributed by atoms with E-state index in [2.05, 4.69) is 13.8 Å². The Morgan fingerprint density at radius 1 is 1.57 bits per heavy atom. The Kier molecular flexibility index (Phi) is 3.19. The zero-order chi connectivity index (χ0) is 9.97. The standard InChI is InChI=1S/C11H17NOS/c1-3-4-10-12-11(8(2)14-10)9-5-6-13-7-9/h9H,3-7H2,1-2H3. The van der Waals surface area contributed by atoms with Gasteiger partial charge >= 0.3 is 0 Å². The van der Waals surface area contributed by atoms with Crippen molar-refractivity contribution in [2.75, 3.05) is 13.2 Å². The van der Waals surface area contributed by atoms with Gasteiger partial charge in [0.15, 0.2) is 0 Å². The maximum absolute atomic E-state index is 5.40. The summed E-state index contributed by atoms with van der Waals surface area (Å²) in [5, 5.41) is 1.30. The van der Waals surface area contributed by atoms with Gasteiger partial charge in [0.25, 0.3) is 0 Å². The van der Waals surface area contributed by atoms with Crippen LogP contribution in [-0.2, 0) is 11.2 Å². The molecule has 3 heteroatoms. The van der Waals surface area contributed by atoms with Crippen LogP contribution in [0.2, 0.25) is 0 Å². The van der Waals surface area contributed by atoms with Crippen molar-refractivity contribution < 1.29 is 4.74 Å². The minimum atomic E-state index is 0.567. The normalized spacial score (nSPS) is 21.7. The van der Waals surface area contributed by atoms with Gasteiger partial charge in [-0.1, -0.05) is 6.92 Å². The van der Waals surface area contributed by atoms with E-state index in [0.717, 1.165) is 26.1 Å². The summed E-state index contributed by atoms with van der Waals surface area (Å²) in [6.07, 6.45) is 3.46. The van der Waals surface area contributed by atoms with Gasteiger partial charge in [-0.15, -0.1) is 11.3 Å². The first-order valence-electron chi connectivity index (χ1n) is 5.35. The highest BCUT2D eigenvalue weighted by molar-refractivity contribution is 7.11. The van der Waals surface area contributed by atoms with Gasteiger partial charge in [0.05, 0.1) is 17.3 Å². The summed E-state index contributed by atoms with van der Waals surface area (Å²) in [7, 11) is 0. The van der Waals surface area contributed by atoms with E-state index >= 15 is 0 Å². The molecule has 1 aromatic heterocycles. The molecule has 1 fully saturated rings. The van der Waals surface area contributed by atoms with E-state index < -0.39 is 0 Å². The molecule has 0 amide bonds. The lowest BCUT2D eigenvalue weighted by molar-refractivity contribution is 0.193. The average molecular weight is 211 g/mol. The highest BCUT2D eigenvalue weighted by Gasteiger charge is 2.22. The highest BCUT2D eigenvalue weighted by Crippen LogP contribution is 2.30. The quantitative estimate of drug-likeness (QED) is 0.767. The SMILES string of the molecule is CCCc1nc(C2CCOC2)c(C)s1. The van der Waals surface area contributed by atoms with Gasteiger partial charge < -0.3 is 4.74 Å². The molecular weight excluding hydrogens is 194 g/mol. The molecule has 0 bridgehead atoms. The van der Waals surface area contributed by atoms with E-state index in [0.29, 0.717) is 5.92 Å². The maximum atomic E-state index is 5.40. The first-order valence-corrected chi connectivity index (χ1v) is 6.17. The molecule has 0 aromatic carbocycles. The third-order valence-electron chi connectivity index (χ3n) is 2.66. The van der Waals surface area contributed by atoms with E-state index in [1.165, 1.54) is 22.0 Å². The van der Waals surface area contributed by atoms with Crippen molar-refractivity contribution >= 4 is 11.3 Å². The lowest BCUT2D eigenvalue weighted by atomic mass is 10.0. The Morgan fingerprint density at radius 3 is 3.07 bits per heavy atom. The molecular formula is C11H17NOS. The number of hydrogen-bond donors (Lipinski definition) is 0. The Balaban J connectivity index is 2.15. The Bertz CT molecular complexity index is 302. The van der Waals surface area contributed by atoms with Crippen molar-refractivity contribution in [2.24, 2.45) is 0 Å². The third kappa shape index (κ3) is 1.98. The van der Waals surface area contributed by atoms with Crippen molar-refractivity contribution in [3.8, 4) is 0 Å². The zero-order valence-corrected chi connectivity index (χ0v) is 9.69. The van der Waals surface area contributed by atoms with Crippen LogP contribution in [0.5, 0.6) is 0 Å². The molecule has 1 aliphatic heterocycles. The molecule has 0 saturated carbocycles. The van der Waals surface area contributed by atoms with Gasteiger partial charge in [-0.05, 0) is 26.2 Å². The second kappa shape index (κ2) is 4.41. The summed E-state index contributed by atoms with van der Waals surface area (Å²) >= 11 is 1.86. The summed E-state index contributed by atoms with van der Waals surface area (Å²) < 4.78 is 5.40. The number of thiazole rings is 1. The molecule has 0 spiro atoms. The van der Waals surface area contributed by atoms with Crippen LogP contribution in [-0.4, -0.2) is 18.2 Å². The molecule has 78 valence electrons. The molecule has 1 aromatic rings. The van der Waals surface area contributed by atoms with E-state index in [9.17, 15) is 0 Å². The topological polar surface area (TPSA) is 22.1 Å². The van der Waals surface area contributed by atoms with Gasteiger partial charge in [-0.3, -0.25) is 0 Å². The van der Waals surface area contributed by atoms with Crippen LogP contribution in [0.15, 0.2) is 0 Å². The van der Waals surface area contributed by atoms with Crippen LogP contribution in [0.3, 0.4) is 0 Å². The fraction of sp³-hybridized carbons (Fsp3) is 0.727. The fourth-order valence-electron chi connectivity index (χ4n) is 1.91. The molecule has 1 saturated heterocycles. The lowest BCUT2D eigenvalue weighted by Crippen LogP contribution is -2.00. The predicted octanol–water partition coefficient (Wildman–Crippen LogP) is 2.91. The van der Waals surface area contributed by atoms with Gasteiger partial charge in [0.1, 0.15) is 0 Å². The average Bonchev–Trinajstić information content (AvgIpc) is 2.74. The molecule has 2 rings (SSSR count). The van der Waals surface area contributed by atoms with Crippen molar-refractivity contribution in [3.63, 3.8) is 0 Å². The van der Waals surface area contributed by atoms with Gasteiger partial charge in [-0.2, -0.15) is 0 Å². The van der Waals surface area contributed by atoms with Gasteiger partial charge in [-0.25, -0.2) is 4.98 Å². The lowest BCUT2D eigenvalue weighted by Gasteiger charge is -2.03. The maximum Gasteiger partial charge on any atom is 0.0931 e. The number of rotatable bonds is 3. The van der Waals surface area contributed by atoms with E-state index in [4.69, 9.17) is 9.72 Å². The van der Waals surface area contributed by atoms with E-state index in [1.807, 2.05) is 11.3 Å². The molecule has 1 unspecified atom stereocenters. The molecule has 0 radical (unpaired) electrons. The predicted molar refractivity (Wildman–Crippen MR) is 59.0 cm³/mol. The van der Waals surface area contributed by atoms with Crippen molar-refractivity contribution in [2.45, 2.75) is 39.0 Å². The first-order chi connectivity index (χ1) is 6.81. The second-order valence-corrected chi connectivity index (χ2v) is 5.15. The first kappa shape index (κ1) is 10.1. The molecule has 1 aliphatic rings. The Morgan fingerprint density at radius 2 is 2.43 bits per heavy atom. The Labute approximate surface area is 89.3 Å². The molecule has 0 N–H and O–H groups in total. The van der Waals surface area contributed by atoms with Crippen LogP contribution in [0.4, 0.5) is 0 Å². The highest BCUT2D eigenvalue weighted by atomic mass is 32.1. The van der Waals surface area contributed by atoms with Crippen LogP contribution in [0.1, 0.15) is 41.3 Å². The Hall–Kier alpha value is -0.410.